The minimum Gasteiger partial charge on any atom is -0.356 e. The molecule has 2 rings (SSSR count). The molecule has 1 amide bonds. The molecule has 1 heterocycles. The maximum absolute atomic E-state index is 11.5. The highest BCUT2D eigenvalue weighted by Gasteiger charge is 2.24. The maximum atomic E-state index is 11.5. The number of hydrogen-bond donors (Lipinski definition) is 1. The van der Waals surface area contributed by atoms with Gasteiger partial charge in [-0.3, -0.25) is 9.48 Å². The van der Waals surface area contributed by atoms with Crippen LogP contribution in [0.5, 0.6) is 0 Å². The quantitative estimate of drug-likeness (QED) is 0.737. The standard InChI is InChI=1S/C11H17N3O/c15-11(10-4-1-5-10)12-6-2-8-14-9-3-7-13-14/h3,7,9-10H,1-2,4-6,8H2,(H,12,15). The van der Waals surface area contributed by atoms with Crippen molar-refractivity contribution >= 4 is 5.91 Å². The first-order valence-electron chi connectivity index (χ1n) is 5.61. The Hall–Kier alpha value is -1.32. The predicted octanol–water partition coefficient (Wildman–Crippen LogP) is 1.19. The van der Waals surface area contributed by atoms with Crippen LogP contribution >= 0.6 is 0 Å². The Bertz CT molecular complexity index is 304. The molecule has 4 heteroatoms. The van der Waals surface area contributed by atoms with Gasteiger partial charge < -0.3 is 5.32 Å². The van der Waals surface area contributed by atoms with Gasteiger partial charge in [-0.2, -0.15) is 5.10 Å². The molecule has 1 aromatic heterocycles. The average Bonchev–Trinajstić information content (AvgIpc) is 2.62. The van der Waals surface area contributed by atoms with E-state index in [0.29, 0.717) is 5.92 Å². The first-order chi connectivity index (χ1) is 7.36. The van der Waals surface area contributed by atoms with E-state index in [1.807, 2.05) is 16.9 Å². The number of carbonyl (C=O) groups is 1. The molecule has 1 aromatic rings. The zero-order valence-electron chi connectivity index (χ0n) is 8.85. The van der Waals surface area contributed by atoms with E-state index in [0.717, 1.165) is 32.4 Å². The molecule has 0 atom stereocenters. The highest BCUT2D eigenvalue weighted by Crippen LogP contribution is 2.25. The highest BCUT2D eigenvalue weighted by molar-refractivity contribution is 5.79. The fourth-order valence-corrected chi connectivity index (χ4v) is 1.70. The molecule has 0 unspecified atom stereocenters. The van der Waals surface area contributed by atoms with Crippen molar-refractivity contribution in [2.24, 2.45) is 5.92 Å². The summed E-state index contributed by atoms with van der Waals surface area (Å²) in [7, 11) is 0. The third-order valence-electron chi connectivity index (χ3n) is 2.90. The summed E-state index contributed by atoms with van der Waals surface area (Å²) in [5, 5.41) is 7.07. The van der Waals surface area contributed by atoms with Crippen molar-refractivity contribution in [2.45, 2.75) is 32.2 Å². The largest absolute Gasteiger partial charge is 0.356 e. The van der Waals surface area contributed by atoms with Crippen LogP contribution < -0.4 is 5.32 Å². The van der Waals surface area contributed by atoms with Gasteiger partial charge in [-0.05, 0) is 25.3 Å². The molecule has 4 nitrogen and oxygen atoms in total. The summed E-state index contributed by atoms with van der Waals surface area (Å²) in [6, 6.07) is 1.91. The molecule has 15 heavy (non-hydrogen) atoms. The molecule has 1 saturated carbocycles. The Balaban J connectivity index is 1.56. The lowest BCUT2D eigenvalue weighted by atomic mass is 9.85. The minimum absolute atomic E-state index is 0.238. The lowest BCUT2D eigenvalue weighted by molar-refractivity contribution is -0.127. The van der Waals surface area contributed by atoms with E-state index in [-0.39, 0.29) is 5.91 Å². The van der Waals surface area contributed by atoms with Gasteiger partial charge in [0.1, 0.15) is 0 Å². The molecule has 0 radical (unpaired) electrons. The number of carbonyl (C=O) groups excluding carboxylic acids is 1. The van der Waals surface area contributed by atoms with Crippen LogP contribution in [0.3, 0.4) is 0 Å². The summed E-state index contributed by atoms with van der Waals surface area (Å²) < 4.78 is 1.88. The number of hydrogen-bond acceptors (Lipinski definition) is 2. The normalized spacial score (nSPS) is 16.0. The molecule has 82 valence electrons. The summed E-state index contributed by atoms with van der Waals surface area (Å²) >= 11 is 0. The average molecular weight is 207 g/mol. The Morgan fingerprint density at radius 2 is 2.40 bits per heavy atom. The number of aromatic nitrogens is 2. The zero-order chi connectivity index (χ0) is 10.5. The van der Waals surface area contributed by atoms with Crippen LogP contribution in [0.2, 0.25) is 0 Å². The van der Waals surface area contributed by atoms with Crippen LogP contribution in [0.1, 0.15) is 25.7 Å². The van der Waals surface area contributed by atoms with Crippen LogP contribution in [0.15, 0.2) is 18.5 Å². The van der Waals surface area contributed by atoms with Crippen molar-refractivity contribution in [3.8, 4) is 0 Å². The van der Waals surface area contributed by atoms with E-state index in [4.69, 9.17) is 0 Å². The molecule has 1 N–H and O–H groups in total. The summed E-state index contributed by atoms with van der Waals surface area (Å²) in [4.78, 5) is 11.5. The van der Waals surface area contributed by atoms with Crippen molar-refractivity contribution in [3.63, 3.8) is 0 Å². The number of nitrogens with one attached hydrogen (secondary N) is 1. The van der Waals surface area contributed by atoms with Crippen LogP contribution in [0, 0.1) is 5.92 Å². The second kappa shape index (κ2) is 4.96. The van der Waals surface area contributed by atoms with Crippen molar-refractivity contribution in [3.05, 3.63) is 18.5 Å². The SMILES string of the molecule is O=C(NCCCn1cccn1)C1CCC1. The van der Waals surface area contributed by atoms with Gasteiger partial charge in [-0.1, -0.05) is 6.42 Å². The molecule has 0 aliphatic heterocycles. The second-order valence-electron chi connectivity index (χ2n) is 4.04. The van der Waals surface area contributed by atoms with E-state index in [9.17, 15) is 4.79 Å². The number of aryl methyl sites for hydroxylation is 1. The van der Waals surface area contributed by atoms with Gasteiger partial charge in [0.25, 0.3) is 0 Å². The maximum Gasteiger partial charge on any atom is 0.223 e. The monoisotopic (exact) mass is 207 g/mol. The third kappa shape index (κ3) is 2.81. The van der Waals surface area contributed by atoms with Crippen molar-refractivity contribution in [1.82, 2.24) is 15.1 Å². The number of nitrogens with zero attached hydrogens (tertiary/aromatic N) is 2. The van der Waals surface area contributed by atoms with Crippen molar-refractivity contribution in [2.75, 3.05) is 6.54 Å². The summed E-state index contributed by atoms with van der Waals surface area (Å²) in [6.07, 6.45) is 8.02. The zero-order valence-corrected chi connectivity index (χ0v) is 8.85. The van der Waals surface area contributed by atoms with Crippen LogP contribution in [0.4, 0.5) is 0 Å². The van der Waals surface area contributed by atoms with Gasteiger partial charge in [0, 0.05) is 31.4 Å². The van der Waals surface area contributed by atoms with Gasteiger partial charge >= 0.3 is 0 Å². The van der Waals surface area contributed by atoms with Gasteiger partial charge in [0.2, 0.25) is 5.91 Å². The Morgan fingerprint density at radius 1 is 1.53 bits per heavy atom. The molecule has 0 bridgehead atoms. The van der Waals surface area contributed by atoms with E-state index < -0.39 is 0 Å². The van der Waals surface area contributed by atoms with Crippen molar-refractivity contribution in [1.29, 1.82) is 0 Å². The molecule has 0 spiro atoms. The Labute approximate surface area is 89.7 Å². The predicted molar refractivity (Wildman–Crippen MR) is 57.2 cm³/mol. The van der Waals surface area contributed by atoms with Gasteiger partial charge in [0.05, 0.1) is 0 Å². The lowest BCUT2D eigenvalue weighted by Crippen LogP contribution is -2.35. The highest BCUT2D eigenvalue weighted by atomic mass is 16.1. The molecule has 0 saturated heterocycles. The van der Waals surface area contributed by atoms with E-state index in [2.05, 4.69) is 10.4 Å². The first kappa shape index (κ1) is 10.2. The fourth-order valence-electron chi connectivity index (χ4n) is 1.70. The lowest BCUT2D eigenvalue weighted by Gasteiger charge is -2.23. The Kier molecular flexibility index (Phi) is 3.37. The molecular weight excluding hydrogens is 190 g/mol. The molecule has 1 fully saturated rings. The molecule has 1 aliphatic carbocycles. The fraction of sp³-hybridized carbons (Fsp3) is 0.636. The van der Waals surface area contributed by atoms with Crippen LogP contribution in [-0.4, -0.2) is 22.2 Å². The Morgan fingerprint density at radius 3 is 3.00 bits per heavy atom. The van der Waals surface area contributed by atoms with Gasteiger partial charge in [-0.25, -0.2) is 0 Å². The summed E-state index contributed by atoms with van der Waals surface area (Å²) in [6.45, 7) is 1.63. The smallest absolute Gasteiger partial charge is 0.223 e. The van der Waals surface area contributed by atoms with Crippen molar-refractivity contribution < 1.29 is 4.79 Å². The molecular formula is C11H17N3O. The third-order valence-corrected chi connectivity index (χ3v) is 2.90. The number of rotatable bonds is 5. The van der Waals surface area contributed by atoms with E-state index >= 15 is 0 Å². The summed E-state index contributed by atoms with van der Waals surface area (Å²) in [5.41, 5.74) is 0. The first-order valence-corrected chi connectivity index (χ1v) is 5.61. The van der Waals surface area contributed by atoms with Gasteiger partial charge in [0.15, 0.2) is 0 Å². The van der Waals surface area contributed by atoms with Crippen LogP contribution in [-0.2, 0) is 11.3 Å². The second-order valence-corrected chi connectivity index (χ2v) is 4.04. The van der Waals surface area contributed by atoms with E-state index in [1.54, 1.807) is 6.20 Å². The number of amides is 1. The molecule has 1 aliphatic rings. The molecule has 0 aromatic carbocycles. The van der Waals surface area contributed by atoms with E-state index in [1.165, 1.54) is 6.42 Å². The summed E-state index contributed by atoms with van der Waals surface area (Å²) in [5.74, 6) is 0.538. The topological polar surface area (TPSA) is 46.9 Å². The van der Waals surface area contributed by atoms with Crippen LogP contribution in [0.25, 0.3) is 0 Å². The minimum atomic E-state index is 0.238. The van der Waals surface area contributed by atoms with Gasteiger partial charge in [-0.15, -0.1) is 0 Å².